The van der Waals surface area contributed by atoms with E-state index >= 15 is 0 Å². The van der Waals surface area contributed by atoms with Crippen molar-refractivity contribution in [3.05, 3.63) is 29.3 Å². The van der Waals surface area contributed by atoms with Gasteiger partial charge in [0.25, 0.3) is 0 Å². The highest BCUT2D eigenvalue weighted by Crippen LogP contribution is 2.27. The zero-order valence-electron chi connectivity index (χ0n) is 15.2. The van der Waals surface area contributed by atoms with Crippen LogP contribution >= 0.6 is 0 Å². The number of carboxylic acids is 2. The third-order valence-corrected chi connectivity index (χ3v) is 4.12. The van der Waals surface area contributed by atoms with Gasteiger partial charge in [0.1, 0.15) is 12.4 Å². The average Bonchev–Trinajstić information content (AvgIpc) is 3.05. The first-order valence-electron chi connectivity index (χ1n) is 8.74. The Morgan fingerprint density at radius 3 is 2.32 bits per heavy atom. The summed E-state index contributed by atoms with van der Waals surface area (Å²) in [5.41, 5.74) is 2.58. The van der Waals surface area contributed by atoms with Crippen molar-refractivity contribution in [1.29, 1.82) is 0 Å². The van der Waals surface area contributed by atoms with Crippen LogP contribution in [0, 0.1) is 6.92 Å². The quantitative estimate of drug-likeness (QED) is 0.538. The maximum atomic E-state index is 9.10. The summed E-state index contributed by atoms with van der Waals surface area (Å²) in [6, 6.07) is 7.24. The van der Waals surface area contributed by atoms with Gasteiger partial charge >= 0.3 is 11.9 Å². The van der Waals surface area contributed by atoms with Crippen molar-refractivity contribution >= 4 is 11.9 Å². The van der Waals surface area contributed by atoms with Crippen LogP contribution in [0.5, 0.6) is 5.75 Å². The molecule has 1 aromatic rings. The zero-order chi connectivity index (χ0) is 18.8. The molecule has 0 aromatic heterocycles. The summed E-state index contributed by atoms with van der Waals surface area (Å²) < 4.78 is 5.98. The average molecular weight is 351 g/mol. The highest BCUT2D eigenvalue weighted by atomic mass is 16.5. The number of carbonyl (C=O) groups is 2. The molecule has 140 valence electrons. The number of carboxylic acid groups (broad SMARTS) is 2. The molecule has 1 saturated carbocycles. The predicted molar refractivity (Wildman–Crippen MR) is 96.3 cm³/mol. The molecule has 0 radical (unpaired) electrons. The van der Waals surface area contributed by atoms with E-state index < -0.39 is 11.9 Å². The van der Waals surface area contributed by atoms with Gasteiger partial charge < -0.3 is 20.3 Å². The van der Waals surface area contributed by atoms with Gasteiger partial charge in [-0.1, -0.05) is 38.8 Å². The fraction of sp³-hybridized carbons (Fsp3) is 0.579. The van der Waals surface area contributed by atoms with Crippen LogP contribution in [0.2, 0.25) is 0 Å². The summed E-state index contributed by atoms with van der Waals surface area (Å²) in [5, 5.41) is 18.4. The lowest BCUT2D eigenvalue weighted by molar-refractivity contribution is -0.159. The molecular formula is C19H29NO5. The molecule has 0 saturated heterocycles. The van der Waals surface area contributed by atoms with Crippen LogP contribution in [-0.4, -0.2) is 41.3 Å². The number of rotatable bonds is 6. The summed E-state index contributed by atoms with van der Waals surface area (Å²) in [4.78, 5) is 18.2. The number of aryl methyl sites for hydroxylation is 1. The van der Waals surface area contributed by atoms with Gasteiger partial charge in [0.2, 0.25) is 0 Å². The summed E-state index contributed by atoms with van der Waals surface area (Å²) in [6.45, 7) is 8.27. The number of nitrogens with one attached hydrogen (secondary N) is 1. The summed E-state index contributed by atoms with van der Waals surface area (Å²) in [7, 11) is 0. The predicted octanol–water partition coefficient (Wildman–Crippen LogP) is 3.19. The SMILES string of the molecule is Cc1ccc(C(C)C)c(OCCNC2CCCC2)c1.O=C(O)C(=O)O. The molecular weight excluding hydrogens is 322 g/mol. The van der Waals surface area contributed by atoms with Gasteiger partial charge in [-0.15, -0.1) is 0 Å². The molecule has 0 atom stereocenters. The highest BCUT2D eigenvalue weighted by molar-refractivity contribution is 6.27. The Labute approximate surface area is 149 Å². The number of benzene rings is 1. The van der Waals surface area contributed by atoms with E-state index in [0.29, 0.717) is 5.92 Å². The van der Waals surface area contributed by atoms with Gasteiger partial charge in [-0.25, -0.2) is 9.59 Å². The molecule has 1 aromatic carbocycles. The Morgan fingerprint density at radius 1 is 1.20 bits per heavy atom. The highest BCUT2D eigenvalue weighted by Gasteiger charge is 2.14. The molecule has 0 spiro atoms. The lowest BCUT2D eigenvalue weighted by Gasteiger charge is -2.16. The van der Waals surface area contributed by atoms with Crippen molar-refractivity contribution in [2.24, 2.45) is 0 Å². The smallest absolute Gasteiger partial charge is 0.414 e. The molecule has 6 nitrogen and oxygen atoms in total. The van der Waals surface area contributed by atoms with Crippen LogP contribution < -0.4 is 10.1 Å². The van der Waals surface area contributed by atoms with Gasteiger partial charge in [-0.2, -0.15) is 0 Å². The molecule has 25 heavy (non-hydrogen) atoms. The molecule has 3 N–H and O–H groups in total. The maximum absolute atomic E-state index is 9.10. The van der Waals surface area contributed by atoms with Gasteiger partial charge in [0.15, 0.2) is 0 Å². The molecule has 0 amide bonds. The zero-order valence-corrected chi connectivity index (χ0v) is 15.2. The fourth-order valence-corrected chi connectivity index (χ4v) is 2.80. The second kappa shape index (κ2) is 10.7. The first-order valence-corrected chi connectivity index (χ1v) is 8.74. The Morgan fingerprint density at radius 2 is 1.80 bits per heavy atom. The van der Waals surface area contributed by atoms with Crippen molar-refractivity contribution in [2.45, 2.75) is 58.4 Å². The van der Waals surface area contributed by atoms with Gasteiger partial charge in [-0.3, -0.25) is 0 Å². The van der Waals surface area contributed by atoms with E-state index in [1.165, 1.54) is 36.8 Å². The Hall–Kier alpha value is -2.08. The van der Waals surface area contributed by atoms with Crippen LogP contribution in [0.1, 0.15) is 56.6 Å². The Kier molecular flexibility index (Phi) is 8.99. The van der Waals surface area contributed by atoms with Gasteiger partial charge in [0, 0.05) is 12.6 Å². The largest absolute Gasteiger partial charge is 0.492 e. The van der Waals surface area contributed by atoms with Crippen molar-refractivity contribution in [3.63, 3.8) is 0 Å². The minimum absolute atomic E-state index is 0.512. The number of aliphatic carboxylic acids is 2. The van der Waals surface area contributed by atoms with Crippen LogP contribution in [0.4, 0.5) is 0 Å². The van der Waals surface area contributed by atoms with Crippen LogP contribution in [0.15, 0.2) is 18.2 Å². The van der Waals surface area contributed by atoms with Gasteiger partial charge in [0.05, 0.1) is 0 Å². The van der Waals surface area contributed by atoms with Crippen molar-refractivity contribution in [3.8, 4) is 5.75 Å². The van der Waals surface area contributed by atoms with Crippen LogP contribution in [0.3, 0.4) is 0 Å². The topological polar surface area (TPSA) is 95.9 Å². The molecule has 1 fully saturated rings. The molecule has 0 unspecified atom stereocenters. The summed E-state index contributed by atoms with van der Waals surface area (Å²) >= 11 is 0. The Balaban J connectivity index is 0.000000450. The first kappa shape index (κ1) is 21.0. The first-order chi connectivity index (χ1) is 11.8. The lowest BCUT2D eigenvalue weighted by atomic mass is 10.0. The van der Waals surface area contributed by atoms with E-state index in [-0.39, 0.29) is 0 Å². The molecule has 6 heteroatoms. The van der Waals surface area contributed by atoms with Gasteiger partial charge in [-0.05, 0) is 42.9 Å². The maximum Gasteiger partial charge on any atom is 0.414 e. The molecule has 2 rings (SSSR count). The van der Waals surface area contributed by atoms with Crippen molar-refractivity contribution in [1.82, 2.24) is 5.32 Å². The monoisotopic (exact) mass is 351 g/mol. The van der Waals surface area contributed by atoms with E-state index in [1.54, 1.807) is 0 Å². The van der Waals surface area contributed by atoms with Crippen molar-refractivity contribution < 1.29 is 24.5 Å². The third-order valence-electron chi connectivity index (χ3n) is 4.12. The second-order valence-electron chi connectivity index (χ2n) is 6.59. The van der Waals surface area contributed by atoms with Crippen LogP contribution in [-0.2, 0) is 9.59 Å². The Bertz CT molecular complexity index is 553. The summed E-state index contributed by atoms with van der Waals surface area (Å²) in [6.07, 6.45) is 5.44. The van der Waals surface area contributed by atoms with Crippen molar-refractivity contribution in [2.75, 3.05) is 13.2 Å². The van der Waals surface area contributed by atoms with Crippen LogP contribution in [0.25, 0.3) is 0 Å². The minimum Gasteiger partial charge on any atom is -0.492 e. The molecule has 0 aliphatic heterocycles. The number of hydrogen-bond acceptors (Lipinski definition) is 4. The second-order valence-corrected chi connectivity index (χ2v) is 6.59. The molecule has 1 aliphatic rings. The molecule has 1 aliphatic carbocycles. The fourth-order valence-electron chi connectivity index (χ4n) is 2.80. The number of hydrogen-bond donors (Lipinski definition) is 3. The standard InChI is InChI=1S/C17H27NO.C2H2O4/c1-13(2)16-9-8-14(3)12-17(16)19-11-10-18-15-6-4-5-7-15;3-1(4)2(5)6/h8-9,12-13,15,18H,4-7,10-11H2,1-3H3;(H,3,4)(H,5,6). The van der Waals surface area contributed by atoms with E-state index in [2.05, 4.69) is 44.3 Å². The normalized spacial score (nSPS) is 14.1. The van der Waals surface area contributed by atoms with E-state index in [4.69, 9.17) is 24.5 Å². The lowest BCUT2D eigenvalue weighted by Crippen LogP contribution is -2.30. The summed E-state index contributed by atoms with van der Waals surface area (Å²) in [5.74, 6) is -2.08. The number of ether oxygens (including phenoxy) is 1. The molecule has 0 heterocycles. The molecule has 0 bridgehead atoms. The van der Waals surface area contributed by atoms with E-state index in [1.807, 2.05) is 0 Å². The van der Waals surface area contributed by atoms with E-state index in [0.717, 1.165) is 24.9 Å². The minimum atomic E-state index is -1.82. The third kappa shape index (κ3) is 8.03. The van der Waals surface area contributed by atoms with E-state index in [9.17, 15) is 0 Å².